The molecule has 2 nitrogen and oxygen atoms in total. The molecule has 0 atom stereocenters. The molecule has 0 saturated carbocycles. The molecule has 0 N–H and O–H groups in total. The molecule has 9 rings (SSSR count). The van der Waals surface area contributed by atoms with Crippen molar-refractivity contribution >= 4 is 17.1 Å². The standard InChI is InChI=1S/C33H22N2/c1-3-7-25-19(5-1)15-21-11-12-29-27(30(21)25)18-28-32-24(13-14-34-28)17-23-10-9-22-16-20-6-2-4-8-26(20)31(22)33(23)35(29)32/h1-14H,15-18H2. The SMILES string of the molecule is c1ccc2c(c1)Cc1ccc3c(c1-2)Cc1nccc2c1N3c1c(ccc3c1-c1ccccc1C3)C2. The Morgan fingerprint density at radius 1 is 0.514 bits per heavy atom. The smallest absolute Gasteiger partial charge is 0.0716 e. The summed E-state index contributed by atoms with van der Waals surface area (Å²) in [6.07, 6.45) is 5.92. The number of hydrogen-bond donors (Lipinski definition) is 0. The lowest BCUT2D eigenvalue weighted by Crippen LogP contribution is -2.26. The van der Waals surface area contributed by atoms with E-state index in [0.717, 1.165) is 25.7 Å². The van der Waals surface area contributed by atoms with E-state index in [1.807, 2.05) is 6.20 Å². The van der Waals surface area contributed by atoms with E-state index in [1.54, 1.807) is 0 Å². The van der Waals surface area contributed by atoms with Crippen molar-refractivity contribution in [2.75, 3.05) is 4.90 Å². The van der Waals surface area contributed by atoms with Crippen LogP contribution in [0.1, 0.15) is 44.6 Å². The van der Waals surface area contributed by atoms with Crippen LogP contribution in [0.4, 0.5) is 17.1 Å². The number of nitrogens with zero attached hydrogens (tertiary/aromatic N) is 2. The minimum atomic E-state index is 0.896. The summed E-state index contributed by atoms with van der Waals surface area (Å²) in [6, 6.07) is 29.6. The molecule has 35 heavy (non-hydrogen) atoms. The normalized spacial score (nSPS) is 14.9. The molecule has 2 aliphatic heterocycles. The Labute approximate surface area is 204 Å². The second-order valence-corrected chi connectivity index (χ2v) is 10.3. The number of hydrogen-bond acceptors (Lipinski definition) is 2. The lowest BCUT2D eigenvalue weighted by molar-refractivity contribution is 0.960. The van der Waals surface area contributed by atoms with E-state index in [2.05, 4.69) is 83.8 Å². The van der Waals surface area contributed by atoms with E-state index in [0.29, 0.717) is 0 Å². The van der Waals surface area contributed by atoms with Gasteiger partial charge in [-0.25, -0.2) is 0 Å². The van der Waals surface area contributed by atoms with Crippen molar-refractivity contribution in [2.24, 2.45) is 0 Å². The summed E-state index contributed by atoms with van der Waals surface area (Å²) in [5.41, 5.74) is 20.9. The lowest BCUT2D eigenvalue weighted by Gasteiger charge is -2.40. The summed E-state index contributed by atoms with van der Waals surface area (Å²) in [4.78, 5) is 7.54. The molecule has 2 heteroatoms. The minimum absolute atomic E-state index is 0.896. The molecule has 0 amide bonds. The highest BCUT2D eigenvalue weighted by Crippen LogP contribution is 2.57. The Morgan fingerprint density at radius 2 is 1.14 bits per heavy atom. The van der Waals surface area contributed by atoms with Crippen LogP contribution in [-0.2, 0) is 25.7 Å². The molecule has 0 bridgehead atoms. The lowest BCUT2D eigenvalue weighted by atomic mass is 9.84. The van der Waals surface area contributed by atoms with Crippen molar-refractivity contribution in [1.29, 1.82) is 0 Å². The van der Waals surface area contributed by atoms with Gasteiger partial charge in [-0.2, -0.15) is 0 Å². The van der Waals surface area contributed by atoms with Gasteiger partial charge in [0, 0.05) is 24.6 Å². The van der Waals surface area contributed by atoms with Crippen LogP contribution in [0.25, 0.3) is 22.3 Å². The highest BCUT2D eigenvalue weighted by atomic mass is 15.2. The largest absolute Gasteiger partial charge is 0.307 e. The predicted octanol–water partition coefficient (Wildman–Crippen LogP) is 7.50. The average Bonchev–Trinajstić information content (AvgIpc) is 3.47. The van der Waals surface area contributed by atoms with Crippen molar-refractivity contribution < 1.29 is 0 Å². The maximum Gasteiger partial charge on any atom is 0.0716 e. The van der Waals surface area contributed by atoms with Gasteiger partial charge >= 0.3 is 0 Å². The number of pyridine rings is 1. The molecule has 0 fully saturated rings. The van der Waals surface area contributed by atoms with Crippen LogP contribution in [0.5, 0.6) is 0 Å². The molecular formula is C33H22N2. The third-order valence-electron chi connectivity index (χ3n) is 8.55. The number of anilines is 3. The van der Waals surface area contributed by atoms with Gasteiger partial charge in [-0.15, -0.1) is 0 Å². The zero-order valence-electron chi connectivity index (χ0n) is 19.3. The summed E-state index contributed by atoms with van der Waals surface area (Å²) in [7, 11) is 0. The summed E-state index contributed by atoms with van der Waals surface area (Å²) >= 11 is 0. The first kappa shape index (κ1) is 18.2. The van der Waals surface area contributed by atoms with E-state index >= 15 is 0 Å². The Kier molecular flexibility index (Phi) is 3.27. The van der Waals surface area contributed by atoms with E-state index < -0.39 is 0 Å². The second kappa shape index (κ2) is 6.28. The third-order valence-corrected chi connectivity index (χ3v) is 8.55. The fraction of sp³-hybridized carbons (Fsp3) is 0.121. The quantitative estimate of drug-likeness (QED) is 0.240. The van der Waals surface area contributed by atoms with E-state index in [4.69, 9.17) is 4.98 Å². The molecule has 4 aliphatic rings. The summed E-state index contributed by atoms with van der Waals surface area (Å²) in [5, 5.41) is 0. The number of fused-ring (bicyclic) bond motifs is 12. The van der Waals surface area contributed by atoms with Crippen LogP contribution < -0.4 is 4.90 Å². The number of rotatable bonds is 0. The zero-order valence-corrected chi connectivity index (χ0v) is 19.3. The Morgan fingerprint density at radius 3 is 1.97 bits per heavy atom. The highest BCUT2D eigenvalue weighted by molar-refractivity contribution is 6.00. The minimum Gasteiger partial charge on any atom is -0.307 e. The first-order valence-corrected chi connectivity index (χ1v) is 12.6. The third kappa shape index (κ3) is 2.23. The van der Waals surface area contributed by atoms with E-state index in [1.165, 1.54) is 84.0 Å². The molecule has 0 radical (unpaired) electrons. The van der Waals surface area contributed by atoms with Crippen LogP contribution in [0.15, 0.2) is 85.1 Å². The average molecular weight is 447 g/mol. The molecule has 2 aliphatic carbocycles. The van der Waals surface area contributed by atoms with E-state index in [9.17, 15) is 0 Å². The molecule has 0 unspecified atom stereocenters. The van der Waals surface area contributed by atoms with E-state index in [-0.39, 0.29) is 0 Å². The van der Waals surface area contributed by atoms with Gasteiger partial charge in [-0.1, -0.05) is 66.7 Å². The van der Waals surface area contributed by atoms with Crippen LogP contribution >= 0.6 is 0 Å². The van der Waals surface area contributed by atoms with Gasteiger partial charge in [-0.3, -0.25) is 4.98 Å². The van der Waals surface area contributed by atoms with Gasteiger partial charge in [0.05, 0.1) is 22.8 Å². The van der Waals surface area contributed by atoms with Gasteiger partial charge in [0.25, 0.3) is 0 Å². The molecule has 1 aromatic heterocycles. The monoisotopic (exact) mass is 446 g/mol. The van der Waals surface area contributed by atoms with Gasteiger partial charge in [-0.05, 0) is 80.6 Å². The summed E-state index contributed by atoms with van der Waals surface area (Å²) < 4.78 is 0. The Bertz CT molecular complexity index is 1760. The number of aromatic nitrogens is 1. The Hall–Kier alpha value is -4.17. The van der Waals surface area contributed by atoms with Crippen molar-refractivity contribution in [3.8, 4) is 22.3 Å². The first-order chi connectivity index (χ1) is 17.3. The molecule has 5 aromatic rings. The van der Waals surface area contributed by atoms with Gasteiger partial charge in [0.15, 0.2) is 0 Å². The Balaban J connectivity index is 1.38. The predicted molar refractivity (Wildman–Crippen MR) is 141 cm³/mol. The number of benzene rings is 4. The van der Waals surface area contributed by atoms with Crippen LogP contribution in [0.3, 0.4) is 0 Å². The van der Waals surface area contributed by atoms with Gasteiger partial charge in [0.2, 0.25) is 0 Å². The van der Waals surface area contributed by atoms with Crippen molar-refractivity contribution in [3.63, 3.8) is 0 Å². The van der Waals surface area contributed by atoms with Gasteiger partial charge in [0.1, 0.15) is 0 Å². The second-order valence-electron chi connectivity index (χ2n) is 10.3. The van der Waals surface area contributed by atoms with Crippen molar-refractivity contribution in [2.45, 2.75) is 25.7 Å². The molecule has 164 valence electrons. The van der Waals surface area contributed by atoms with Crippen molar-refractivity contribution in [1.82, 2.24) is 4.98 Å². The summed E-state index contributed by atoms with van der Waals surface area (Å²) in [5.74, 6) is 0. The molecule has 0 saturated heterocycles. The fourth-order valence-electron chi connectivity index (χ4n) is 7.14. The topological polar surface area (TPSA) is 16.1 Å². The van der Waals surface area contributed by atoms with Crippen LogP contribution in [0, 0.1) is 0 Å². The van der Waals surface area contributed by atoms with Gasteiger partial charge < -0.3 is 4.90 Å². The first-order valence-electron chi connectivity index (χ1n) is 12.6. The maximum absolute atomic E-state index is 4.96. The zero-order chi connectivity index (χ0) is 22.7. The van der Waals surface area contributed by atoms with Crippen molar-refractivity contribution in [3.05, 3.63) is 130 Å². The molecule has 4 aromatic carbocycles. The molecule has 3 heterocycles. The highest BCUT2D eigenvalue weighted by Gasteiger charge is 2.38. The molecule has 0 spiro atoms. The fourth-order valence-corrected chi connectivity index (χ4v) is 7.14. The van der Waals surface area contributed by atoms with Crippen LogP contribution in [-0.4, -0.2) is 4.98 Å². The molecular weight excluding hydrogens is 424 g/mol. The maximum atomic E-state index is 4.96. The van der Waals surface area contributed by atoms with Crippen LogP contribution in [0.2, 0.25) is 0 Å². The summed E-state index contributed by atoms with van der Waals surface area (Å²) in [6.45, 7) is 0.